The number of piperidine rings is 1. The summed E-state index contributed by atoms with van der Waals surface area (Å²) >= 11 is 0. The van der Waals surface area contributed by atoms with Crippen molar-refractivity contribution in [2.75, 3.05) is 27.9 Å². The van der Waals surface area contributed by atoms with Crippen LogP contribution in [0.15, 0.2) is 53.9 Å². The van der Waals surface area contributed by atoms with Gasteiger partial charge in [-0.15, -0.1) is 10.2 Å². The number of amides is 1. The Labute approximate surface area is 415 Å². The largest absolute Gasteiger partial charge is 0.460 e. The molecule has 1 amide bonds. The number of allylic oxidation sites excluding steroid dienone is 6. The van der Waals surface area contributed by atoms with Crippen LogP contribution in [0.2, 0.25) is 0 Å². The van der Waals surface area contributed by atoms with Gasteiger partial charge < -0.3 is 38.8 Å². The molecule has 1 aliphatic carbocycles. The third kappa shape index (κ3) is 16.1. The third-order valence-electron chi connectivity index (χ3n) is 15.1. The summed E-state index contributed by atoms with van der Waals surface area (Å²) in [5.41, 5.74) is 1.30. The fourth-order valence-electron chi connectivity index (χ4n) is 10.5. The molecule has 2 saturated heterocycles. The Kier molecular flexibility index (Phi) is 23.4. The minimum absolute atomic E-state index is 0.0304. The van der Waals surface area contributed by atoms with Crippen LogP contribution in [0.5, 0.6) is 0 Å². The van der Waals surface area contributed by atoms with E-state index in [-0.39, 0.29) is 54.8 Å². The summed E-state index contributed by atoms with van der Waals surface area (Å²) in [6, 6.07) is -1.11. The average Bonchev–Trinajstić information content (AvgIpc) is 3.94. The Balaban J connectivity index is 0.00000200. The molecule has 70 heavy (non-hydrogen) atoms. The second-order valence-electron chi connectivity index (χ2n) is 20.6. The second-order valence-corrected chi connectivity index (χ2v) is 20.6. The van der Waals surface area contributed by atoms with Gasteiger partial charge in [0.05, 0.1) is 18.3 Å². The molecule has 4 aliphatic rings. The number of H-pyrrole nitrogens is 1. The Morgan fingerprint density at radius 2 is 1.63 bits per heavy atom. The van der Waals surface area contributed by atoms with E-state index in [4.69, 9.17) is 23.7 Å². The van der Waals surface area contributed by atoms with Crippen LogP contribution in [-0.2, 0) is 47.7 Å². The maximum atomic E-state index is 14.4. The molecule has 3 aliphatic heterocycles. The van der Waals surface area contributed by atoms with Gasteiger partial charge in [0.2, 0.25) is 5.79 Å². The highest BCUT2D eigenvalue weighted by Crippen LogP contribution is 2.38. The third-order valence-corrected chi connectivity index (χ3v) is 15.1. The zero-order valence-electron chi connectivity index (χ0n) is 43.6. The fraction of sp³-hybridized carbons (Fsp3) is 0.736. The minimum Gasteiger partial charge on any atom is -0.460 e. The molecule has 3 N–H and O–H groups in total. The summed E-state index contributed by atoms with van der Waals surface area (Å²) < 4.78 is 29.7. The predicted octanol–water partition coefficient (Wildman–Crippen LogP) is 6.66. The number of aromatic nitrogens is 4. The number of methoxy groups -OCH3 is 3. The number of aliphatic hydroxyl groups is 2. The number of tetrazole rings is 1. The van der Waals surface area contributed by atoms with Crippen LogP contribution in [0.1, 0.15) is 132 Å². The molecule has 0 radical (unpaired) electrons. The van der Waals surface area contributed by atoms with E-state index in [1.165, 1.54) is 18.3 Å². The number of carbonyl (C=O) groups excluding carboxylic acids is 5. The molecular weight excluding hydrogens is 899 g/mol. The van der Waals surface area contributed by atoms with E-state index in [2.05, 4.69) is 27.5 Å². The van der Waals surface area contributed by atoms with Gasteiger partial charge in [0.25, 0.3) is 11.7 Å². The Morgan fingerprint density at radius 3 is 2.27 bits per heavy atom. The zero-order valence-corrected chi connectivity index (χ0v) is 43.6. The molecule has 392 valence electrons. The molecule has 5 rings (SSSR count). The number of nitrogens with zero attached hydrogens (tertiary/aromatic N) is 4. The highest BCUT2D eigenvalue weighted by Gasteiger charge is 2.53. The van der Waals surface area contributed by atoms with E-state index in [0.29, 0.717) is 56.4 Å². The number of fused-ring (bicyclic) bond motifs is 3. The van der Waals surface area contributed by atoms with E-state index in [9.17, 15) is 34.2 Å². The zero-order chi connectivity index (χ0) is 51.7. The standard InChI is InChI=1S/C52H81NO12.CH2N4/c1-31-17-13-12-14-18-32(2)44(62-10)29-40-23-21-38(8)52(60,65-40)49(57)50(58)53-24-16-15-19-41(53)51(59)64-45(35(5)27-39-22-20-33(3)43(28-39)61-9)30-42(54)34(4)26-37(7)47(56)48(63-11)46(55)36(6)25-31;1-2-4-5-3-1/h12-14,17-18,26,31,33-36,38-41,43-45,47-48,56,60H,15-16,19-25,27-30H2,1-11H3;1H,(H,2,3,4,5)/b14-12?,17-13+,32-18?,37-26+;/t31-,33+,34-,35-,36-,38-,39+,40+,41+,43-,44+,45+,47-,48+,52-;/m1./s1. The van der Waals surface area contributed by atoms with Gasteiger partial charge in [0.1, 0.15) is 30.1 Å². The van der Waals surface area contributed by atoms with Gasteiger partial charge in [-0.25, -0.2) is 4.79 Å². The number of nitrogens with one attached hydrogen (secondary N) is 1. The molecule has 17 heteroatoms. The van der Waals surface area contributed by atoms with Crippen molar-refractivity contribution >= 4 is 29.2 Å². The molecule has 15 atom stereocenters. The summed E-state index contributed by atoms with van der Waals surface area (Å²) in [7, 11) is 4.70. The molecular formula is C53H83N5O12. The van der Waals surface area contributed by atoms with E-state index in [0.717, 1.165) is 24.8 Å². The Hall–Kier alpha value is -4.26. The minimum atomic E-state index is -2.41. The number of Topliss-reactive ketones (excluding diaryl/α,β-unsaturated/α-hetero) is 3. The first-order valence-corrected chi connectivity index (χ1v) is 25.4. The number of ether oxygens (including phenoxy) is 5. The van der Waals surface area contributed by atoms with Crippen molar-refractivity contribution in [3.05, 3.63) is 53.9 Å². The molecule has 0 spiro atoms. The lowest BCUT2D eigenvalue weighted by atomic mass is 9.76. The maximum Gasteiger partial charge on any atom is 0.329 e. The Morgan fingerprint density at radius 1 is 0.886 bits per heavy atom. The van der Waals surface area contributed by atoms with Crippen LogP contribution in [0, 0.1) is 41.4 Å². The van der Waals surface area contributed by atoms with Gasteiger partial charge in [0, 0.05) is 58.5 Å². The van der Waals surface area contributed by atoms with Gasteiger partial charge in [-0.05, 0) is 113 Å². The van der Waals surface area contributed by atoms with E-state index in [1.54, 1.807) is 41.1 Å². The first-order valence-electron chi connectivity index (χ1n) is 25.4. The van der Waals surface area contributed by atoms with E-state index >= 15 is 0 Å². The van der Waals surface area contributed by atoms with Crippen LogP contribution in [-0.4, -0.2) is 141 Å². The molecule has 3 fully saturated rings. The quantitative estimate of drug-likeness (QED) is 0.154. The molecule has 4 heterocycles. The summed E-state index contributed by atoms with van der Waals surface area (Å²) in [5, 5.41) is 35.6. The molecule has 0 unspecified atom stereocenters. The number of cyclic esters (lactones) is 1. The van der Waals surface area contributed by atoms with Gasteiger partial charge >= 0.3 is 5.97 Å². The summed E-state index contributed by atoms with van der Waals surface area (Å²) in [6.07, 6.45) is 15.0. The van der Waals surface area contributed by atoms with Crippen molar-refractivity contribution in [1.29, 1.82) is 0 Å². The lowest BCUT2D eigenvalue weighted by Gasteiger charge is -2.42. The van der Waals surface area contributed by atoms with Crippen LogP contribution in [0.4, 0.5) is 0 Å². The molecule has 1 aromatic heterocycles. The van der Waals surface area contributed by atoms with Crippen molar-refractivity contribution in [2.45, 2.75) is 181 Å². The van der Waals surface area contributed by atoms with Crippen molar-refractivity contribution in [3.8, 4) is 0 Å². The van der Waals surface area contributed by atoms with Crippen molar-refractivity contribution in [3.63, 3.8) is 0 Å². The Bertz CT molecular complexity index is 1950. The van der Waals surface area contributed by atoms with Crippen molar-refractivity contribution in [2.24, 2.45) is 41.4 Å². The smallest absolute Gasteiger partial charge is 0.329 e. The van der Waals surface area contributed by atoms with Gasteiger partial charge in [-0.3, -0.25) is 19.2 Å². The van der Waals surface area contributed by atoms with E-state index < -0.39 is 77.8 Å². The fourth-order valence-corrected chi connectivity index (χ4v) is 10.5. The van der Waals surface area contributed by atoms with Gasteiger partial charge in [0.15, 0.2) is 12.1 Å². The summed E-state index contributed by atoms with van der Waals surface area (Å²) in [6.45, 7) is 15.1. The van der Waals surface area contributed by atoms with Gasteiger partial charge in [-0.2, -0.15) is 5.21 Å². The van der Waals surface area contributed by atoms with Crippen LogP contribution in [0.25, 0.3) is 0 Å². The monoisotopic (exact) mass is 982 g/mol. The van der Waals surface area contributed by atoms with Crippen molar-refractivity contribution < 1.29 is 57.9 Å². The normalized spacial score (nSPS) is 36.9. The van der Waals surface area contributed by atoms with Crippen molar-refractivity contribution in [1.82, 2.24) is 25.5 Å². The lowest BCUT2D eigenvalue weighted by molar-refractivity contribution is -0.265. The first-order chi connectivity index (χ1) is 33.2. The SMILES string of the molecule is CO[C@H]1C[C@@H]2CC[C@@H](C)[C@@](O)(O2)C(=O)C(=O)N2CCCC[C@H]2C(=O)O[C@H]([C@H](C)C[C@@H]2CC[C@H](C)[C@H](OC)C2)CC(=O)[C@H](C)/C=C(\C)[C@@H](O)[C@@H](OC)C(=O)[C@H](C)C[C@H](C)/C=C/C=CC=C1C.c1nn[nH]n1. The first kappa shape index (κ1) is 58.3. The molecule has 0 aromatic carbocycles. The maximum absolute atomic E-state index is 14.4. The number of ketones is 3. The van der Waals surface area contributed by atoms with Crippen LogP contribution in [0.3, 0.4) is 0 Å². The van der Waals surface area contributed by atoms with Crippen LogP contribution < -0.4 is 0 Å². The predicted molar refractivity (Wildman–Crippen MR) is 262 cm³/mol. The number of hydrogen-bond donors (Lipinski definition) is 3. The van der Waals surface area contributed by atoms with E-state index in [1.807, 2.05) is 58.1 Å². The topological polar surface area (TPSA) is 230 Å². The average molecular weight is 982 g/mol. The highest BCUT2D eigenvalue weighted by molar-refractivity contribution is 6.39. The highest BCUT2D eigenvalue weighted by atomic mass is 16.6. The molecule has 1 saturated carbocycles. The number of hydrogen-bond acceptors (Lipinski definition) is 15. The van der Waals surface area contributed by atoms with Gasteiger partial charge in [-0.1, -0.05) is 83.2 Å². The van der Waals surface area contributed by atoms with Crippen LogP contribution >= 0.6 is 0 Å². The number of carbonyl (C=O) groups is 5. The lowest BCUT2D eigenvalue weighted by Crippen LogP contribution is -2.61. The second kappa shape index (κ2) is 28.1. The number of esters is 1. The molecule has 1 aromatic rings. The number of aromatic amines is 1. The number of rotatable bonds is 6. The molecule has 2 bridgehead atoms. The number of aliphatic hydroxyl groups excluding tert-OH is 1. The molecule has 17 nitrogen and oxygen atoms in total. The summed E-state index contributed by atoms with van der Waals surface area (Å²) in [5.74, 6) is -7.07. The summed E-state index contributed by atoms with van der Waals surface area (Å²) in [4.78, 5) is 71.9.